The third kappa shape index (κ3) is 5.27. The Bertz CT molecular complexity index is 899. The molecule has 0 aliphatic rings. The van der Waals surface area contributed by atoms with Crippen molar-refractivity contribution in [2.24, 2.45) is 0 Å². The number of amides is 2. The molecule has 0 saturated carbocycles. The summed E-state index contributed by atoms with van der Waals surface area (Å²) in [6.07, 6.45) is 3.55. The topological polar surface area (TPSA) is 71.1 Å². The molecular weight excluding hydrogens is 350 g/mol. The van der Waals surface area contributed by atoms with E-state index < -0.39 is 6.04 Å². The molecule has 1 aromatic heterocycles. The first-order valence-corrected chi connectivity index (χ1v) is 9.23. The smallest absolute Gasteiger partial charge is 0.251 e. The molecule has 5 heteroatoms. The van der Waals surface area contributed by atoms with Gasteiger partial charge in [0.1, 0.15) is 0 Å². The lowest BCUT2D eigenvalue weighted by atomic mass is 10.0. The van der Waals surface area contributed by atoms with E-state index in [4.69, 9.17) is 0 Å². The number of hydrogen-bond acceptors (Lipinski definition) is 3. The molecule has 0 radical (unpaired) electrons. The molecule has 0 aliphatic carbocycles. The van der Waals surface area contributed by atoms with E-state index in [9.17, 15) is 9.59 Å². The van der Waals surface area contributed by atoms with E-state index in [0.29, 0.717) is 5.56 Å². The van der Waals surface area contributed by atoms with Gasteiger partial charge in [-0.25, -0.2) is 0 Å². The van der Waals surface area contributed by atoms with E-state index in [1.165, 1.54) is 0 Å². The number of hydrogen-bond donors (Lipinski definition) is 2. The lowest BCUT2D eigenvalue weighted by Crippen LogP contribution is -2.34. The Balaban J connectivity index is 1.70. The number of pyridine rings is 1. The maximum absolute atomic E-state index is 12.7. The molecule has 1 heterocycles. The van der Waals surface area contributed by atoms with Gasteiger partial charge in [-0.15, -0.1) is 0 Å². The number of carbonyl (C=O) groups is 2. The van der Waals surface area contributed by atoms with Crippen LogP contribution in [0.2, 0.25) is 0 Å². The van der Waals surface area contributed by atoms with Crippen LogP contribution >= 0.6 is 0 Å². The highest BCUT2D eigenvalue weighted by Crippen LogP contribution is 2.19. The molecule has 5 nitrogen and oxygen atoms in total. The number of carbonyl (C=O) groups excluding carboxylic acids is 2. The first-order chi connectivity index (χ1) is 13.6. The standard InChI is InChI=1S/C23H23N3O2/c1-17(18-12-14-24-15-13-18)25-22(27)16-21(19-8-4-2-5-9-19)26-23(28)20-10-6-3-7-11-20/h2-15,17,21H,16H2,1H3,(H,25,27)(H,26,28). The molecule has 0 spiro atoms. The largest absolute Gasteiger partial charge is 0.350 e. The first kappa shape index (κ1) is 19.3. The molecule has 2 unspecified atom stereocenters. The molecule has 0 bridgehead atoms. The van der Waals surface area contributed by atoms with Crippen LogP contribution in [0.25, 0.3) is 0 Å². The van der Waals surface area contributed by atoms with Gasteiger partial charge in [-0.05, 0) is 42.3 Å². The molecule has 2 amide bonds. The third-order valence-electron chi connectivity index (χ3n) is 4.52. The molecule has 142 valence electrons. The van der Waals surface area contributed by atoms with Crippen molar-refractivity contribution in [3.63, 3.8) is 0 Å². The summed E-state index contributed by atoms with van der Waals surface area (Å²) in [7, 11) is 0. The van der Waals surface area contributed by atoms with Gasteiger partial charge in [0.05, 0.1) is 18.5 Å². The second-order valence-corrected chi connectivity index (χ2v) is 6.58. The number of benzene rings is 2. The average Bonchev–Trinajstić information content (AvgIpc) is 2.75. The van der Waals surface area contributed by atoms with E-state index in [1.807, 2.05) is 67.6 Å². The summed E-state index contributed by atoms with van der Waals surface area (Å²) in [6, 6.07) is 21.7. The van der Waals surface area contributed by atoms with Crippen LogP contribution in [0.3, 0.4) is 0 Å². The van der Waals surface area contributed by atoms with Crippen molar-refractivity contribution in [1.29, 1.82) is 0 Å². The van der Waals surface area contributed by atoms with E-state index in [0.717, 1.165) is 11.1 Å². The molecule has 3 aromatic rings. The van der Waals surface area contributed by atoms with Crippen molar-refractivity contribution in [2.45, 2.75) is 25.4 Å². The van der Waals surface area contributed by atoms with Gasteiger partial charge in [0.15, 0.2) is 0 Å². The summed E-state index contributed by atoms with van der Waals surface area (Å²) in [5, 5.41) is 5.98. The minimum absolute atomic E-state index is 0.133. The van der Waals surface area contributed by atoms with E-state index >= 15 is 0 Å². The van der Waals surface area contributed by atoms with E-state index in [-0.39, 0.29) is 24.3 Å². The molecule has 0 fully saturated rings. The fourth-order valence-electron chi connectivity index (χ4n) is 2.99. The van der Waals surface area contributed by atoms with Gasteiger partial charge in [0.25, 0.3) is 5.91 Å². The molecule has 2 atom stereocenters. The van der Waals surface area contributed by atoms with Crippen LogP contribution in [-0.4, -0.2) is 16.8 Å². The Morgan fingerprint density at radius 3 is 2.07 bits per heavy atom. The Kier molecular flexibility index (Phi) is 6.52. The van der Waals surface area contributed by atoms with Crippen LogP contribution < -0.4 is 10.6 Å². The quantitative estimate of drug-likeness (QED) is 0.661. The fourth-order valence-corrected chi connectivity index (χ4v) is 2.99. The van der Waals surface area contributed by atoms with Crippen molar-refractivity contribution < 1.29 is 9.59 Å². The first-order valence-electron chi connectivity index (χ1n) is 9.23. The number of nitrogens with zero attached hydrogens (tertiary/aromatic N) is 1. The highest BCUT2D eigenvalue weighted by atomic mass is 16.2. The molecule has 0 aliphatic heterocycles. The predicted octanol–water partition coefficient (Wildman–Crippen LogP) is 3.82. The van der Waals surface area contributed by atoms with Gasteiger partial charge in [-0.3, -0.25) is 14.6 Å². The highest BCUT2D eigenvalue weighted by molar-refractivity contribution is 5.94. The Morgan fingerprint density at radius 2 is 1.43 bits per heavy atom. The molecule has 2 N–H and O–H groups in total. The minimum atomic E-state index is -0.418. The normalized spacial score (nSPS) is 12.6. The van der Waals surface area contributed by atoms with Crippen LogP contribution in [0.4, 0.5) is 0 Å². The Labute approximate surface area is 164 Å². The highest BCUT2D eigenvalue weighted by Gasteiger charge is 2.20. The molecule has 0 saturated heterocycles. The van der Waals surface area contributed by atoms with Gasteiger partial charge in [0.2, 0.25) is 5.91 Å². The lowest BCUT2D eigenvalue weighted by molar-refractivity contribution is -0.122. The van der Waals surface area contributed by atoms with Crippen molar-refractivity contribution in [3.05, 3.63) is 102 Å². The Hall–Kier alpha value is -3.47. The summed E-state index contributed by atoms with van der Waals surface area (Å²) < 4.78 is 0. The minimum Gasteiger partial charge on any atom is -0.350 e. The third-order valence-corrected chi connectivity index (χ3v) is 4.52. The van der Waals surface area contributed by atoms with Crippen molar-refractivity contribution in [3.8, 4) is 0 Å². The second-order valence-electron chi connectivity index (χ2n) is 6.58. The lowest BCUT2D eigenvalue weighted by Gasteiger charge is -2.21. The van der Waals surface area contributed by atoms with E-state index in [1.54, 1.807) is 24.5 Å². The zero-order valence-electron chi connectivity index (χ0n) is 15.7. The maximum atomic E-state index is 12.7. The summed E-state index contributed by atoms with van der Waals surface area (Å²) in [6.45, 7) is 1.92. The number of rotatable bonds is 7. The second kappa shape index (κ2) is 9.46. The zero-order chi connectivity index (χ0) is 19.8. The van der Waals surface area contributed by atoms with Gasteiger partial charge < -0.3 is 10.6 Å². The molecular formula is C23H23N3O2. The fraction of sp³-hybridized carbons (Fsp3) is 0.174. The van der Waals surface area contributed by atoms with Crippen LogP contribution in [0.15, 0.2) is 85.2 Å². The summed E-state index contributed by atoms with van der Waals surface area (Å²) in [5.41, 5.74) is 2.43. The van der Waals surface area contributed by atoms with Crippen LogP contribution in [0.5, 0.6) is 0 Å². The van der Waals surface area contributed by atoms with Gasteiger partial charge in [-0.2, -0.15) is 0 Å². The zero-order valence-corrected chi connectivity index (χ0v) is 15.7. The average molecular weight is 373 g/mol. The Morgan fingerprint density at radius 1 is 0.821 bits per heavy atom. The maximum Gasteiger partial charge on any atom is 0.251 e. The van der Waals surface area contributed by atoms with Crippen LogP contribution in [0.1, 0.15) is 46.9 Å². The van der Waals surface area contributed by atoms with Crippen molar-refractivity contribution >= 4 is 11.8 Å². The van der Waals surface area contributed by atoms with Crippen LogP contribution in [0, 0.1) is 0 Å². The molecule has 28 heavy (non-hydrogen) atoms. The van der Waals surface area contributed by atoms with E-state index in [2.05, 4.69) is 15.6 Å². The predicted molar refractivity (Wildman–Crippen MR) is 109 cm³/mol. The van der Waals surface area contributed by atoms with Crippen molar-refractivity contribution in [1.82, 2.24) is 15.6 Å². The van der Waals surface area contributed by atoms with Crippen molar-refractivity contribution in [2.75, 3.05) is 0 Å². The monoisotopic (exact) mass is 373 g/mol. The SMILES string of the molecule is CC(NC(=O)CC(NC(=O)c1ccccc1)c1ccccc1)c1ccncc1. The van der Waals surface area contributed by atoms with Crippen LogP contribution in [-0.2, 0) is 4.79 Å². The summed E-state index contributed by atoms with van der Waals surface area (Å²) in [4.78, 5) is 29.3. The van der Waals surface area contributed by atoms with Gasteiger partial charge in [0, 0.05) is 18.0 Å². The van der Waals surface area contributed by atoms with Gasteiger partial charge >= 0.3 is 0 Å². The summed E-state index contributed by atoms with van der Waals surface area (Å²) in [5.74, 6) is -0.337. The summed E-state index contributed by atoms with van der Waals surface area (Å²) >= 11 is 0. The number of nitrogens with one attached hydrogen (secondary N) is 2. The number of aromatic nitrogens is 1. The van der Waals surface area contributed by atoms with Gasteiger partial charge in [-0.1, -0.05) is 48.5 Å². The molecule has 3 rings (SSSR count). The molecule has 2 aromatic carbocycles.